The minimum atomic E-state index is -0.799. The van der Waals surface area contributed by atoms with E-state index < -0.39 is 11.9 Å². The number of amides is 1. The van der Waals surface area contributed by atoms with Gasteiger partial charge in [-0.15, -0.1) is 0 Å². The van der Waals surface area contributed by atoms with Gasteiger partial charge in [-0.2, -0.15) is 0 Å². The molecule has 6 rings (SSSR count). The molecule has 6 aliphatic carbocycles. The number of allylic oxidation sites excluding steroid dienone is 2. The number of fused-ring (bicyclic) bond motifs is 2. The van der Waals surface area contributed by atoms with Crippen molar-refractivity contribution < 1.29 is 14.7 Å². The Morgan fingerprint density at radius 2 is 1.39 bits per heavy atom. The van der Waals surface area contributed by atoms with Crippen LogP contribution in [0.2, 0.25) is 0 Å². The second-order valence-electron chi connectivity index (χ2n) is 8.80. The van der Waals surface area contributed by atoms with Crippen LogP contribution in [0, 0.1) is 47.3 Å². The third-order valence-corrected chi connectivity index (χ3v) is 7.58. The highest BCUT2D eigenvalue weighted by atomic mass is 16.4. The number of hydrogen-bond donors (Lipinski definition) is 2. The molecule has 0 aromatic rings. The van der Waals surface area contributed by atoms with Crippen LogP contribution < -0.4 is 5.32 Å². The third kappa shape index (κ3) is 2.03. The van der Waals surface area contributed by atoms with Gasteiger partial charge in [0, 0.05) is 6.04 Å². The summed E-state index contributed by atoms with van der Waals surface area (Å²) in [7, 11) is 0. The number of carbonyl (C=O) groups is 2. The summed E-state index contributed by atoms with van der Waals surface area (Å²) in [6.07, 6.45) is 11.4. The lowest BCUT2D eigenvalue weighted by molar-refractivity contribution is -0.148. The Balaban J connectivity index is 1.34. The maximum Gasteiger partial charge on any atom is 0.307 e. The lowest BCUT2D eigenvalue weighted by atomic mass is 9.54. The maximum atomic E-state index is 12.9. The molecule has 0 aromatic carbocycles. The van der Waals surface area contributed by atoms with Crippen molar-refractivity contribution in [3.8, 4) is 0 Å². The van der Waals surface area contributed by atoms with Gasteiger partial charge in [0.05, 0.1) is 11.8 Å². The maximum absolute atomic E-state index is 12.9. The molecule has 0 unspecified atom stereocenters. The number of carbonyl (C=O) groups excluding carboxylic acids is 1. The molecule has 23 heavy (non-hydrogen) atoms. The first kappa shape index (κ1) is 14.1. The van der Waals surface area contributed by atoms with Crippen LogP contribution in [0.5, 0.6) is 0 Å². The normalized spacial score (nSPS) is 52.1. The third-order valence-electron chi connectivity index (χ3n) is 7.58. The Morgan fingerprint density at radius 1 is 0.826 bits per heavy atom. The molecule has 124 valence electrons. The van der Waals surface area contributed by atoms with Crippen molar-refractivity contribution >= 4 is 11.9 Å². The zero-order valence-electron chi connectivity index (χ0n) is 13.4. The van der Waals surface area contributed by atoms with Gasteiger partial charge in [-0.3, -0.25) is 9.59 Å². The molecule has 4 nitrogen and oxygen atoms in total. The van der Waals surface area contributed by atoms with Crippen LogP contribution >= 0.6 is 0 Å². The fourth-order valence-corrected chi connectivity index (χ4v) is 6.94. The van der Waals surface area contributed by atoms with E-state index in [1.807, 2.05) is 6.08 Å². The van der Waals surface area contributed by atoms with E-state index in [0.29, 0.717) is 17.9 Å². The van der Waals surface area contributed by atoms with Crippen LogP contribution in [0.25, 0.3) is 0 Å². The van der Waals surface area contributed by atoms with Crippen molar-refractivity contribution in [1.29, 1.82) is 0 Å². The SMILES string of the molecule is O=C(O)[C@H]1[C@H](C(=O)NC2C3CC4CC(C3)CC2C4)[C@H]2C=C[C@H]1C2. The molecule has 6 aliphatic rings. The summed E-state index contributed by atoms with van der Waals surface area (Å²) in [5, 5.41) is 12.9. The zero-order valence-corrected chi connectivity index (χ0v) is 13.4. The van der Waals surface area contributed by atoms with E-state index >= 15 is 0 Å². The fourth-order valence-electron chi connectivity index (χ4n) is 6.94. The smallest absolute Gasteiger partial charge is 0.307 e. The van der Waals surface area contributed by atoms with E-state index in [9.17, 15) is 14.7 Å². The Kier molecular flexibility index (Phi) is 2.96. The molecular weight excluding hydrogens is 290 g/mol. The molecule has 0 saturated heterocycles. The minimum absolute atomic E-state index is 0.0201. The topological polar surface area (TPSA) is 66.4 Å². The Hall–Kier alpha value is -1.32. The van der Waals surface area contributed by atoms with Gasteiger partial charge < -0.3 is 10.4 Å². The van der Waals surface area contributed by atoms with Gasteiger partial charge in [0.25, 0.3) is 0 Å². The first-order valence-corrected chi connectivity index (χ1v) is 9.31. The highest BCUT2D eigenvalue weighted by Gasteiger charge is 2.54. The quantitative estimate of drug-likeness (QED) is 0.786. The predicted molar refractivity (Wildman–Crippen MR) is 84.3 cm³/mol. The molecule has 6 bridgehead atoms. The molecule has 4 atom stereocenters. The molecule has 0 heterocycles. The van der Waals surface area contributed by atoms with E-state index in [-0.39, 0.29) is 23.7 Å². The number of hydrogen-bond acceptors (Lipinski definition) is 2. The minimum Gasteiger partial charge on any atom is -0.481 e. The summed E-state index contributed by atoms with van der Waals surface area (Å²) in [6, 6.07) is 0.313. The molecule has 1 amide bonds. The highest BCUT2D eigenvalue weighted by molar-refractivity contribution is 5.87. The molecule has 5 saturated carbocycles. The van der Waals surface area contributed by atoms with Crippen molar-refractivity contribution in [2.45, 2.75) is 44.6 Å². The van der Waals surface area contributed by atoms with E-state index in [2.05, 4.69) is 11.4 Å². The zero-order chi connectivity index (χ0) is 15.7. The Bertz CT molecular complexity index is 555. The summed E-state index contributed by atoms with van der Waals surface area (Å²) in [5.74, 6) is 1.64. The van der Waals surface area contributed by atoms with Crippen LogP contribution in [-0.4, -0.2) is 23.0 Å². The van der Waals surface area contributed by atoms with E-state index in [1.54, 1.807) is 0 Å². The van der Waals surface area contributed by atoms with Crippen molar-refractivity contribution in [2.24, 2.45) is 47.3 Å². The second-order valence-corrected chi connectivity index (χ2v) is 8.80. The predicted octanol–water partition coefficient (Wildman–Crippen LogP) is 2.45. The summed E-state index contributed by atoms with van der Waals surface area (Å²) >= 11 is 0. The van der Waals surface area contributed by atoms with Crippen molar-refractivity contribution in [2.75, 3.05) is 0 Å². The van der Waals surface area contributed by atoms with Gasteiger partial charge >= 0.3 is 5.97 Å². The van der Waals surface area contributed by atoms with Gasteiger partial charge in [-0.05, 0) is 74.0 Å². The summed E-state index contributed by atoms with van der Waals surface area (Å²) < 4.78 is 0. The lowest BCUT2D eigenvalue weighted by Crippen LogP contribution is -2.57. The molecule has 2 N–H and O–H groups in total. The molecule has 0 aromatic heterocycles. The van der Waals surface area contributed by atoms with Crippen LogP contribution in [0.15, 0.2) is 12.2 Å². The van der Waals surface area contributed by atoms with Crippen LogP contribution in [0.3, 0.4) is 0 Å². The van der Waals surface area contributed by atoms with Crippen LogP contribution in [-0.2, 0) is 9.59 Å². The largest absolute Gasteiger partial charge is 0.481 e. The van der Waals surface area contributed by atoms with Gasteiger partial charge in [0.1, 0.15) is 0 Å². The van der Waals surface area contributed by atoms with Crippen LogP contribution in [0.4, 0.5) is 0 Å². The van der Waals surface area contributed by atoms with Gasteiger partial charge in [-0.25, -0.2) is 0 Å². The first-order chi connectivity index (χ1) is 11.1. The molecule has 0 spiro atoms. The van der Waals surface area contributed by atoms with Crippen molar-refractivity contribution in [1.82, 2.24) is 5.32 Å². The molecule has 0 aliphatic heterocycles. The van der Waals surface area contributed by atoms with E-state index in [0.717, 1.165) is 18.3 Å². The number of carboxylic acids is 1. The summed E-state index contributed by atoms with van der Waals surface area (Å²) in [4.78, 5) is 24.6. The monoisotopic (exact) mass is 315 g/mol. The van der Waals surface area contributed by atoms with Gasteiger partial charge in [0.2, 0.25) is 5.91 Å². The lowest BCUT2D eigenvalue weighted by Gasteiger charge is -2.54. The van der Waals surface area contributed by atoms with Crippen molar-refractivity contribution in [3.05, 3.63) is 12.2 Å². The van der Waals surface area contributed by atoms with E-state index in [4.69, 9.17) is 0 Å². The average molecular weight is 315 g/mol. The standard InChI is InChI=1S/C19H25NO3/c21-18(15-11-1-2-12(8-11)16(15)19(22)23)20-17-13-4-9-3-10(6-13)7-14(17)5-9/h1-2,9-17H,3-8H2,(H,20,21)(H,22,23)/t9?,10?,11-,12-,13?,14?,15+,16+,17?/m0/s1. The number of rotatable bonds is 3. The first-order valence-electron chi connectivity index (χ1n) is 9.31. The van der Waals surface area contributed by atoms with Crippen LogP contribution in [0.1, 0.15) is 38.5 Å². The number of nitrogens with one attached hydrogen (secondary N) is 1. The summed E-state index contributed by atoms with van der Waals surface area (Å²) in [6.45, 7) is 0. The molecule has 4 heteroatoms. The second kappa shape index (κ2) is 4.84. The Labute approximate surface area is 136 Å². The molecule has 5 fully saturated rings. The average Bonchev–Trinajstić information content (AvgIpc) is 3.10. The number of carboxylic acid groups (broad SMARTS) is 1. The fraction of sp³-hybridized carbons (Fsp3) is 0.789. The van der Waals surface area contributed by atoms with E-state index in [1.165, 1.54) is 32.1 Å². The number of aliphatic carboxylic acids is 1. The highest BCUT2D eigenvalue weighted by Crippen LogP contribution is 2.54. The van der Waals surface area contributed by atoms with Crippen molar-refractivity contribution in [3.63, 3.8) is 0 Å². The summed E-state index contributed by atoms with van der Waals surface area (Å²) in [5.41, 5.74) is 0. The Morgan fingerprint density at radius 3 is 1.96 bits per heavy atom. The van der Waals surface area contributed by atoms with Gasteiger partial charge in [-0.1, -0.05) is 12.2 Å². The van der Waals surface area contributed by atoms with Gasteiger partial charge in [0.15, 0.2) is 0 Å². The molecular formula is C19H25NO3. The molecule has 0 radical (unpaired) electrons.